The number of hydrogen-bond donors (Lipinski definition) is 1. The molecule has 1 atom stereocenters. The third-order valence-corrected chi connectivity index (χ3v) is 3.26. The topological polar surface area (TPSA) is 71.3 Å². The van der Waals surface area contributed by atoms with Crippen LogP contribution in [0.1, 0.15) is 12.5 Å². The van der Waals surface area contributed by atoms with E-state index in [0.717, 1.165) is 6.07 Å². The summed E-state index contributed by atoms with van der Waals surface area (Å²) in [6, 6.07) is 7.87. The SMILES string of the molecule is COc1cc(C#N)ccc1OC(C)C(=O)Nc1ccc(F)c(F)c1F. The predicted molar refractivity (Wildman–Crippen MR) is 82.7 cm³/mol. The quantitative estimate of drug-likeness (QED) is 0.839. The summed E-state index contributed by atoms with van der Waals surface area (Å²) in [5.74, 6) is -4.90. The van der Waals surface area contributed by atoms with E-state index in [9.17, 15) is 18.0 Å². The van der Waals surface area contributed by atoms with E-state index in [-0.39, 0.29) is 11.5 Å². The Morgan fingerprint density at radius 3 is 2.52 bits per heavy atom. The van der Waals surface area contributed by atoms with E-state index in [2.05, 4.69) is 5.32 Å². The molecule has 0 radical (unpaired) electrons. The number of halogens is 3. The van der Waals surface area contributed by atoms with Crippen LogP contribution in [0.2, 0.25) is 0 Å². The fraction of sp³-hybridized carbons (Fsp3) is 0.176. The maximum atomic E-state index is 13.6. The van der Waals surface area contributed by atoms with Crippen molar-refractivity contribution in [2.75, 3.05) is 12.4 Å². The summed E-state index contributed by atoms with van der Waals surface area (Å²) >= 11 is 0. The van der Waals surface area contributed by atoms with Gasteiger partial charge in [0.1, 0.15) is 0 Å². The molecule has 1 amide bonds. The van der Waals surface area contributed by atoms with E-state index in [1.54, 1.807) is 0 Å². The largest absolute Gasteiger partial charge is 0.493 e. The molecule has 0 saturated heterocycles. The van der Waals surface area contributed by atoms with Crippen LogP contribution in [0.3, 0.4) is 0 Å². The molecule has 1 unspecified atom stereocenters. The van der Waals surface area contributed by atoms with Gasteiger partial charge in [-0.2, -0.15) is 5.26 Å². The summed E-state index contributed by atoms with van der Waals surface area (Å²) < 4.78 is 50.2. The van der Waals surface area contributed by atoms with Crippen LogP contribution in [0, 0.1) is 28.8 Å². The number of nitrogens with one attached hydrogen (secondary N) is 1. The normalized spacial score (nSPS) is 11.4. The van der Waals surface area contributed by atoms with Crippen molar-refractivity contribution in [1.82, 2.24) is 0 Å². The summed E-state index contributed by atoms with van der Waals surface area (Å²) in [5, 5.41) is 11.0. The zero-order valence-corrected chi connectivity index (χ0v) is 13.3. The van der Waals surface area contributed by atoms with Gasteiger partial charge in [-0.3, -0.25) is 4.79 Å². The van der Waals surface area contributed by atoms with Crippen molar-refractivity contribution in [1.29, 1.82) is 5.26 Å². The van der Waals surface area contributed by atoms with E-state index >= 15 is 0 Å². The molecule has 0 aliphatic heterocycles. The van der Waals surface area contributed by atoms with Crippen molar-refractivity contribution in [2.45, 2.75) is 13.0 Å². The number of anilines is 1. The fourth-order valence-corrected chi connectivity index (χ4v) is 1.94. The number of carbonyl (C=O) groups is 1. The van der Waals surface area contributed by atoms with Gasteiger partial charge in [0, 0.05) is 6.07 Å². The number of ether oxygens (including phenoxy) is 2. The van der Waals surface area contributed by atoms with Gasteiger partial charge >= 0.3 is 0 Å². The molecule has 1 N–H and O–H groups in total. The lowest BCUT2D eigenvalue weighted by Gasteiger charge is -2.17. The standard InChI is InChI=1S/C17H13F3N2O3/c1-9(25-13-6-3-10(8-21)7-14(13)24-2)17(23)22-12-5-4-11(18)15(19)16(12)20/h3-7,9H,1-2H3,(H,22,23). The Hall–Kier alpha value is -3.21. The first-order chi connectivity index (χ1) is 11.9. The Bertz CT molecular complexity index is 850. The van der Waals surface area contributed by atoms with Crippen molar-refractivity contribution in [3.05, 3.63) is 53.3 Å². The molecule has 0 heterocycles. The molecule has 25 heavy (non-hydrogen) atoms. The highest BCUT2D eigenvalue weighted by molar-refractivity contribution is 5.94. The van der Waals surface area contributed by atoms with Gasteiger partial charge in [-0.25, -0.2) is 13.2 Å². The van der Waals surface area contributed by atoms with Gasteiger partial charge in [-0.15, -0.1) is 0 Å². The highest BCUT2D eigenvalue weighted by Crippen LogP contribution is 2.29. The second kappa shape index (κ2) is 7.57. The summed E-state index contributed by atoms with van der Waals surface area (Å²) in [6.45, 7) is 1.38. The molecule has 0 fully saturated rings. The maximum Gasteiger partial charge on any atom is 0.265 e. The van der Waals surface area contributed by atoms with Gasteiger partial charge < -0.3 is 14.8 Å². The average molecular weight is 350 g/mol. The van der Waals surface area contributed by atoms with E-state index in [1.807, 2.05) is 6.07 Å². The zero-order valence-electron chi connectivity index (χ0n) is 13.3. The van der Waals surface area contributed by atoms with Crippen molar-refractivity contribution in [2.24, 2.45) is 0 Å². The predicted octanol–water partition coefficient (Wildman–Crippen LogP) is 3.39. The van der Waals surface area contributed by atoms with Gasteiger partial charge in [0.05, 0.1) is 24.4 Å². The van der Waals surface area contributed by atoms with Gasteiger partial charge in [0.15, 0.2) is 35.1 Å². The Morgan fingerprint density at radius 1 is 1.16 bits per heavy atom. The number of methoxy groups -OCH3 is 1. The lowest BCUT2D eigenvalue weighted by molar-refractivity contribution is -0.122. The molecular weight excluding hydrogens is 337 g/mol. The molecule has 2 aromatic carbocycles. The smallest absolute Gasteiger partial charge is 0.265 e. The molecule has 0 aliphatic rings. The number of nitrogens with zero attached hydrogens (tertiary/aromatic N) is 1. The molecule has 2 rings (SSSR count). The molecule has 2 aromatic rings. The number of carbonyl (C=O) groups excluding carboxylic acids is 1. The monoisotopic (exact) mass is 350 g/mol. The highest BCUT2D eigenvalue weighted by atomic mass is 19.2. The maximum absolute atomic E-state index is 13.6. The number of nitriles is 1. The van der Waals surface area contributed by atoms with Gasteiger partial charge in [-0.05, 0) is 31.2 Å². The lowest BCUT2D eigenvalue weighted by Crippen LogP contribution is -2.30. The Labute approximate surface area is 141 Å². The molecule has 0 saturated carbocycles. The number of rotatable bonds is 5. The summed E-state index contributed by atoms with van der Waals surface area (Å²) in [4.78, 5) is 12.1. The lowest BCUT2D eigenvalue weighted by atomic mass is 10.2. The van der Waals surface area contributed by atoms with E-state index < -0.39 is 35.2 Å². The van der Waals surface area contributed by atoms with E-state index in [4.69, 9.17) is 14.7 Å². The number of hydrogen-bond acceptors (Lipinski definition) is 4. The van der Waals surface area contributed by atoms with Crippen molar-refractivity contribution in [3.63, 3.8) is 0 Å². The molecule has 0 aromatic heterocycles. The van der Waals surface area contributed by atoms with Crippen molar-refractivity contribution < 1.29 is 27.4 Å². The molecule has 130 valence electrons. The third-order valence-electron chi connectivity index (χ3n) is 3.26. The molecule has 5 nitrogen and oxygen atoms in total. The minimum atomic E-state index is -1.68. The third kappa shape index (κ3) is 4.01. The van der Waals surface area contributed by atoms with Crippen LogP contribution in [0.5, 0.6) is 11.5 Å². The van der Waals surface area contributed by atoms with Gasteiger partial charge in [-0.1, -0.05) is 0 Å². The van der Waals surface area contributed by atoms with Crippen LogP contribution in [-0.4, -0.2) is 19.1 Å². The molecule has 0 spiro atoms. The van der Waals surface area contributed by atoms with Crippen LogP contribution in [0.15, 0.2) is 30.3 Å². The molecular formula is C17H13F3N2O3. The Morgan fingerprint density at radius 2 is 1.88 bits per heavy atom. The first-order valence-corrected chi connectivity index (χ1v) is 7.06. The van der Waals surface area contributed by atoms with Gasteiger partial charge in [0.25, 0.3) is 5.91 Å². The minimum absolute atomic E-state index is 0.190. The first kappa shape index (κ1) is 18.1. The summed E-state index contributed by atoms with van der Waals surface area (Å²) in [5.41, 5.74) is -0.170. The van der Waals surface area contributed by atoms with Crippen LogP contribution < -0.4 is 14.8 Å². The van der Waals surface area contributed by atoms with Crippen LogP contribution in [0.25, 0.3) is 0 Å². The van der Waals surface area contributed by atoms with Crippen LogP contribution >= 0.6 is 0 Å². The second-order valence-corrected chi connectivity index (χ2v) is 4.95. The Balaban J connectivity index is 2.14. The fourth-order valence-electron chi connectivity index (χ4n) is 1.94. The molecule has 0 aliphatic carbocycles. The highest BCUT2D eigenvalue weighted by Gasteiger charge is 2.21. The average Bonchev–Trinajstić information content (AvgIpc) is 2.62. The van der Waals surface area contributed by atoms with Crippen LogP contribution in [-0.2, 0) is 4.79 Å². The molecule has 8 heteroatoms. The van der Waals surface area contributed by atoms with Crippen molar-refractivity contribution in [3.8, 4) is 17.6 Å². The zero-order chi connectivity index (χ0) is 18.6. The van der Waals surface area contributed by atoms with Crippen LogP contribution in [0.4, 0.5) is 18.9 Å². The van der Waals surface area contributed by atoms with E-state index in [0.29, 0.717) is 11.6 Å². The summed E-state index contributed by atoms with van der Waals surface area (Å²) in [6.07, 6.45) is -1.10. The van der Waals surface area contributed by atoms with Gasteiger partial charge in [0.2, 0.25) is 0 Å². The van der Waals surface area contributed by atoms with E-state index in [1.165, 1.54) is 32.2 Å². The number of benzene rings is 2. The second-order valence-electron chi connectivity index (χ2n) is 4.95. The Kier molecular flexibility index (Phi) is 5.49. The van der Waals surface area contributed by atoms with Crippen molar-refractivity contribution >= 4 is 11.6 Å². The molecule has 0 bridgehead atoms. The summed E-state index contributed by atoms with van der Waals surface area (Å²) in [7, 11) is 1.37. The minimum Gasteiger partial charge on any atom is -0.493 e. The number of amides is 1. The first-order valence-electron chi connectivity index (χ1n) is 7.06.